The Morgan fingerprint density at radius 1 is 1.16 bits per heavy atom. The molecular weight excluding hydrogens is 420 g/mol. The summed E-state index contributed by atoms with van der Waals surface area (Å²) in [4.78, 5) is 2.17. The predicted octanol–water partition coefficient (Wildman–Crippen LogP) is 5.12. The third-order valence-corrected chi connectivity index (χ3v) is 5.24. The average molecular weight is 438 g/mol. The van der Waals surface area contributed by atoms with Crippen LogP contribution in [0.25, 0.3) is 11.4 Å². The molecule has 25 heavy (non-hydrogen) atoms. The lowest BCUT2D eigenvalue weighted by Gasteiger charge is -2.16. The minimum atomic E-state index is 0.604. The van der Waals surface area contributed by atoms with Crippen molar-refractivity contribution in [3.63, 3.8) is 0 Å². The Balaban J connectivity index is 1.81. The topological polar surface area (TPSA) is 26.0 Å². The van der Waals surface area contributed by atoms with Crippen molar-refractivity contribution < 1.29 is 0 Å². The van der Waals surface area contributed by atoms with Crippen molar-refractivity contribution in [1.82, 2.24) is 19.2 Å². The second kappa shape index (κ2) is 7.83. The fourth-order valence-electron chi connectivity index (χ4n) is 2.64. The minimum absolute atomic E-state index is 0.604. The van der Waals surface area contributed by atoms with Gasteiger partial charge in [0.1, 0.15) is 0 Å². The van der Waals surface area contributed by atoms with Gasteiger partial charge in [-0.15, -0.1) is 0 Å². The van der Waals surface area contributed by atoms with E-state index in [2.05, 4.69) is 38.1 Å². The van der Waals surface area contributed by atoms with Crippen LogP contribution in [0.2, 0.25) is 5.02 Å². The molecule has 4 nitrogen and oxygen atoms in total. The van der Waals surface area contributed by atoms with Gasteiger partial charge in [0.2, 0.25) is 0 Å². The molecule has 0 aliphatic heterocycles. The van der Waals surface area contributed by atoms with Crippen LogP contribution in [-0.2, 0) is 20.3 Å². The molecule has 3 aromatic rings. The molecule has 0 fully saturated rings. The first-order chi connectivity index (χ1) is 12.0. The molecule has 0 radical (unpaired) electrons. The van der Waals surface area contributed by atoms with Crippen molar-refractivity contribution in [3.05, 3.63) is 68.4 Å². The molecule has 130 valence electrons. The Labute approximate surface area is 165 Å². The maximum atomic E-state index is 6.31. The van der Waals surface area contributed by atoms with Gasteiger partial charge in [0.05, 0.1) is 11.7 Å². The summed E-state index contributed by atoms with van der Waals surface area (Å²) in [5, 5.41) is 5.35. The molecule has 0 atom stereocenters. The van der Waals surface area contributed by atoms with E-state index in [9.17, 15) is 0 Å². The zero-order valence-corrected chi connectivity index (χ0v) is 17.1. The fraction of sp³-hybridized carbons (Fsp3) is 0.222. The van der Waals surface area contributed by atoms with E-state index < -0.39 is 0 Å². The predicted molar refractivity (Wildman–Crippen MR) is 108 cm³/mol. The van der Waals surface area contributed by atoms with Crippen LogP contribution in [0.5, 0.6) is 0 Å². The zero-order chi connectivity index (χ0) is 18.0. The van der Waals surface area contributed by atoms with Gasteiger partial charge in [-0.2, -0.15) is 5.10 Å². The molecule has 1 aromatic heterocycles. The van der Waals surface area contributed by atoms with Crippen LogP contribution in [0.1, 0.15) is 5.56 Å². The van der Waals surface area contributed by atoms with Crippen LogP contribution in [-0.4, -0.2) is 26.3 Å². The highest BCUT2D eigenvalue weighted by atomic mass is 79.9. The van der Waals surface area contributed by atoms with Gasteiger partial charge in [0.15, 0.2) is 10.6 Å². The lowest BCUT2D eigenvalue weighted by atomic mass is 10.2. The van der Waals surface area contributed by atoms with Crippen LogP contribution < -0.4 is 0 Å². The number of hydrogen-bond acceptors (Lipinski definition) is 3. The van der Waals surface area contributed by atoms with E-state index in [-0.39, 0.29) is 0 Å². The number of benzene rings is 2. The maximum absolute atomic E-state index is 6.31. The number of rotatable bonds is 5. The Morgan fingerprint density at radius 3 is 2.52 bits per heavy atom. The van der Waals surface area contributed by atoms with Crippen molar-refractivity contribution in [1.29, 1.82) is 0 Å². The number of aromatic nitrogens is 3. The van der Waals surface area contributed by atoms with E-state index in [1.807, 2.05) is 59.7 Å². The van der Waals surface area contributed by atoms with E-state index >= 15 is 0 Å². The van der Waals surface area contributed by atoms with E-state index in [4.69, 9.17) is 23.8 Å². The second-order valence-corrected chi connectivity index (χ2v) is 7.61. The highest BCUT2D eigenvalue weighted by Crippen LogP contribution is 2.26. The second-order valence-electron chi connectivity index (χ2n) is 5.93. The molecule has 0 spiro atoms. The van der Waals surface area contributed by atoms with Gasteiger partial charge in [-0.25, -0.2) is 4.68 Å². The summed E-state index contributed by atoms with van der Waals surface area (Å²) in [6.07, 6.45) is 0. The quantitative estimate of drug-likeness (QED) is 0.518. The Morgan fingerprint density at radius 2 is 1.84 bits per heavy atom. The molecule has 2 aromatic carbocycles. The lowest BCUT2D eigenvalue weighted by molar-refractivity contribution is 0.244. The smallest absolute Gasteiger partial charge is 0.199 e. The number of halogens is 2. The van der Waals surface area contributed by atoms with Gasteiger partial charge in [0.25, 0.3) is 0 Å². The third-order valence-electron chi connectivity index (χ3n) is 3.90. The fourth-order valence-corrected chi connectivity index (χ4v) is 3.31. The van der Waals surface area contributed by atoms with Gasteiger partial charge in [-0.05, 0) is 49.1 Å². The summed E-state index contributed by atoms with van der Waals surface area (Å²) < 4.78 is 5.46. The van der Waals surface area contributed by atoms with E-state index in [0.29, 0.717) is 16.5 Å². The standard InChI is InChI=1S/C18H18BrClN4S/c1-22(11-13-7-9-14(19)10-8-13)12-24-18(25)23(2)17(21-24)15-5-3-4-6-16(15)20/h3-10H,11-12H2,1-2H3. The molecule has 0 aliphatic carbocycles. The van der Waals surface area contributed by atoms with E-state index in [1.54, 1.807) is 0 Å². The van der Waals surface area contributed by atoms with Crippen molar-refractivity contribution >= 4 is 39.7 Å². The Hall–Kier alpha value is -1.47. The van der Waals surface area contributed by atoms with Gasteiger partial charge >= 0.3 is 0 Å². The number of nitrogens with zero attached hydrogens (tertiary/aromatic N) is 4. The zero-order valence-electron chi connectivity index (χ0n) is 14.0. The van der Waals surface area contributed by atoms with Crippen molar-refractivity contribution in [3.8, 4) is 11.4 Å². The monoisotopic (exact) mass is 436 g/mol. The largest absolute Gasteiger partial charge is 0.303 e. The molecule has 0 amide bonds. The highest BCUT2D eigenvalue weighted by molar-refractivity contribution is 9.10. The van der Waals surface area contributed by atoms with Gasteiger partial charge < -0.3 is 4.57 Å². The van der Waals surface area contributed by atoms with E-state index in [0.717, 1.165) is 22.4 Å². The molecule has 0 saturated carbocycles. The molecule has 3 rings (SSSR count). The molecule has 0 N–H and O–H groups in total. The van der Waals surface area contributed by atoms with Crippen LogP contribution in [0.15, 0.2) is 53.0 Å². The highest BCUT2D eigenvalue weighted by Gasteiger charge is 2.13. The van der Waals surface area contributed by atoms with Gasteiger partial charge in [-0.1, -0.05) is 51.8 Å². The summed E-state index contributed by atoms with van der Waals surface area (Å²) in [6.45, 7) is 1.42. The Bertz CT molecular complexity index is 933. The molecule has 1 heterocycles. The van der Waals surface area contributed by atoms with Crippen LogP contribution in [0, 0.1) is 4.77 Å². The van der Waals surface area contributed by atoms with Gasteiger partial charge in [-0.3, -0.25) is 4.90 Å². The summed E-state index contributed by atoms with van der Waals surface area (Å²) in [7, 11) is 3.97. The van der Waals surface area contributed by atoms with Crippen LogP contribution in [0.3, 0.4) is 0 Å². The number of hydrogen-bond donors (Lipinski definition) is 0. The third kappa shape index (κ3) is 4.20. The first-order valence-corrected chi connectivity index (χ1v) is 9.35. The first kappa shape index (κ1) is 18.3. The molecule has 0 bridgehead atoms. The maximum Gasteiger partial charge on any atom is 0.199 e. The molecular formula is C18H18BrClN4S. The lowest BCUT2D eigenvalue weighted by Crippen LogP contribution is -2.22. The van der Waals surface area contributed by atoms with Crippen LogP contribution in [0.4, 0.5) is 0 Å². The van der Waals surface area contributed by atoms with Gasteiger partial charge in [0, 0.05) is 23.6 Å². The normalized spacial score (nSPS) is 11.2. The van der Waals surface area contributed by atoms with E-state index in [1.165, 1.54) is 5.56 Å². The SMILES string of the molecule is CN(Cc1ccc(Br)cc1)Cn1nc(-c2ccccc2Cl)n(C)c1=S. The summed E-state index contributed by atoms with van der Waals surface area (Å²) >= 11 is 15.3. The average Bonchev–Trinajstić information content (AvgIpc) is 2.86. The summed E-state index contributed by atoms with van der Waals surface area (Å²) in [6, 6.07) is 16.0. The molecule has 0 aliphatic rings. The summed E-state index contributed by atoms with van der Waals surface area (Å²) in [5.41, 5.74) is 2.12. The molecule has 0 saturated heterocycles. The molecule has 0 unspecified atom stereocenters. The van der Waals surface area contributed by atoms with Crippen molar-refractivity contribution in [2.45, 2.75) is 13.2 Å². The van der Waals surface area contributed by atoms with Crippen molar-refractivity contribution in [2.75, 3.05) is 7.05 Å². The Kier molecular flexibility index (Phi) is 5.74. The minimum Gasteiger partial charge on any atom is -0.303 e. The van der Waals surface area contributed by atoms with Crippen LogP contribution >= 0.6 is 39.7 Å². The first-order valence-electron chi connectivity index (χ1n) is 7.77. The van der Waals surface area contributed by atoms with Crippen molar-refractivity contribution in [2.24, 2.45) is 7.05 Å². The molecule has 7 heteroatoms. The summed E-state index contributed by atoms with van der Waals surface area (Å²) in [5.74, 6) is 0.771.